The highest BCUT2D eigenvalue weighted by atomic mass is 32.2. The molecule has 1 aromatic carbocycles. The molecule has 0 saturated heterocycles. The SMILES string of the molecule is CNCCc1ccc(S(=O)(=O)NCc2ncn[nH]2)cc1. The predicted octanol–water partition coefficient (Wildman–Crippen LogP) is 0.0451. The van der Waals surface area contributed by atoms with Gasteiger partial charge in [0.15, 0.2) is 0 Å². The summed E-state index contributed by atoms with van der Waals surface area (Å²) in [6, 6.07) is 6.85. The van der Waals surface area contributed by atoms with Gasteiger partial charge >= 0.3 is 0 Å². The van der Waals surface area contributed by atoms with Gasteiger partial charge in [-0.1, -0.05) is 12.1 Å². The first-order chi connectivity index (χ1) is 9.62. The summed E-state index contributed by atoms with van der Waals surface area (Å²) < 4.78 is 26.6. The Morgan fingerprint density at radius 1 is 1.25 bits per heavy atom. The Balaban J connectivity index is 2.01. The lowest BCUT2D eigenvalue weighted by atomic mass is 10.1. The molecule has 0 fully saturated rings. The molecule has 2 rings (SSSR count). The number of H-pyrrole nitrogens is 1. The van der Waals surface area contributed by atoms with Gasteiger partial charge in [0.1, 0.15) is 12.2 Å². The van der Waals surface area contributed by atoms with Crippen molar-refractivity contribution in [2.75, 3.05) is 13.6 Å². The standard InChI is InChI=1S/C12H17N5O2S/c1-13-7-6-10-2-4-11(5-3-10)20(18,19)16-8-12-14-9-15-17-12/h2-5,9,13,16H,6-8H2,1H3,(H,14,15,17). The van der Waals surface area contributed by atoms with Gasteiger partial charge in [-0.2, -0.15) is 5.10 Å². The van der Waals surface area contributed by atoms with E-state index >= 15 is 0 Å². The first-order valence-electron chi connectivity index (χ1n) is 6.19. The minimum absolute atomic E-state index is 0.0871. The van der Waals surface area contributed by atoms with Crippen LogP contribution in [0.4, 0.5) is 0 Å². The minimum atomic E-state index is -3.53. The Bertz CT molecular complexity index is 622. The maximum atomic E-state index is 12.1. The lowest BCUT2D eigenvalue weighted by molar-refractivity contribution is 0.579. The van der Waals surface area contributed by atoms with Crippen LogP contribution in [-0.4, -0.2) is 37.2 Å². The third-order valence-electron chi connectivity index (χ3n) is 2.79. The summed E-state index contributed by atoms with van der Waals surface area (Å²) in [7, 11) is -1.65. The van der Waals surface area contributed by atoms with Crippen LogP contribution in [0.3, 0.4) is 0 Å². The molecule has 3 N–H and O–H groups in total. The highest BCUT2D eigenvalue weighted by Crippen LogP contribution is 2.11. The Hall–Kier alpha value is -1.77. The topological polar surface area (TPSA) is 99.8 Å². The van der Waals surface area contributed by atoms with Crippen molar-refractivity contribution in [3.8, 4) is 0 Å². The van der Waals surface area contributed by atoms with Crippen LogP contribution >= 0.6 is 0 Å². The molecule has 0 aliphatic heterocycles. The van der Waals surface area contributed by atoms with Crippen LogP contribution in [0.1, 0.15) is 11.4 Å². The van der Waals surface area contributed by atoms with Gasteiger partial charge in [0.25, 0.3) is 0 Å². The van der Waals surface area contributed by atoms with Crippen molar-refractivity contribution in [1.82, 2.24) is 25.2 Å². The highest BCUT2D eigenvalue weighted by molar-refractivity contribution is 7.89. The van der Waals surface area contributed by atoms with Gasteiger partial charge in [0.2, 0.25) is 10.0 Å². The van der Waals surface area contributed by atoms with Crippen molar-refractivity contribution in [3.05, 3.63) is 42.0 Å². The van der Waals surface area contributed by atoms with Crippen molar-refractivity contribution in [2.45, 2.75) is 17.9 Å². The number of hydrogen-bond donors (Lipinski definition) is 3. The lowest BCUT2D eigenvalue weighted by Gasteiger charge is -2.06. The average molecular weight is 295 g/mol. The second-order valence-electron chi connectivity index (χ2n) is 4.25. The molecule has 20 heavy (non-hydrogen) atoms. The molecule has 1 aromatic heterocycles. The Kier molecular flexibility index (Phi) is 4.83. The summed E-state index contributed by atoms with van der Waals surface area (Å²) in [5.41, 5.74) is 1.09. The molecule has 1 heterocycles. The van der Waals surface area contributed by atoms with Gasteiger partial charge in [-0.05, 0) is 37.7 Å². The van der Waals surface area contributed by atoms with Crippen LogP contribution in [0.5, 0.6) is 0 Å². The van der Waals surface area contributed by atoms with Gasteiger partial charge in [0.05, 0.1) is 11.4 Å². The fraction of sp³-hybridized carbons (Fsp3) is 0.333. The summed E-state index contributed by atoms with van der Waals surface area (Å²) in [5, 5.41) is 9.31. The molecule has 0 amide bonds. The monoisotopic (exact) mass is 295 g/mol. The maximum Gasteiger partial charge on any atom is 0.240 e. The second-order valence-corrected chi connectivity index (χ2v) is 6.02. The molecule has 0 unspecified atom stereocenters. The van der Waals surface area contributed by atoms with Crippen molar-refractivity contribution in [2.24, 2.45) is 0 Å². The van der Waals surface area contributed by atoms with E-state index in [1.54, 1.807) is 12.1 Å². The third kappa shape index (κ3) is 3.86. The van der Waals surface area contributed by atoms with Gasteiger partial charge in [-0.25, -0.2) is 18.1 Å². The maximum absolute atomic E-state index is 12.1. The Morgan fingerprint density at radius 3 is 2.60 bits per heavy atom. The molecule has 7 nitrogen and oxygen atoms in total. The Morgan fingerprint density at radius 2 is 2.00 bits per heavy atom. The molecular weight excluding hydrogens is 278 g/mol. The van der Waals surface area contributed by atoms with Crippen LogP contribution in [-0.2, 0) is 23.0 Å². The number of likely N-dealkylation sites (N-methyl/N-ethyl adjacent to an activating group) is 1. The fourth-order valence-corrected chi connectivity index (χ4v) is 2.66. The van der Waals surface area contributed by atoms with Crippen LogP contribution in [0.15, 0.2) is 35.5 Å². The fourth-order valence-electron chi connectivity index (χ4n) is 1.67. The van der Waals surface area contributed by atoms with E-state index in [4.69, 9.17) is 0 Å². The number of nitrogens with one attached hydrogen (secondary N) is 3. The van der Waals surface area contributed by atoms with E-state index in [9.17, 15) is 8.42 Å². The molecule has 0 aliphatic rings. The first-order valence-corrected chi connectivity index (χ1v) is 7.67. The number of rotatable bonds is 7. The van der Waals surface area contributed by atoms with E-state index in [1.165, 1.54) is 6.33 Å². The number of sulfonamides is 1. The van der Waals surface area contributed by atoms with E-state index in [0.717, 1.165) is 18.5 Å². The predicted molar refractivity (Wildman–Crippen MR) is 74.5 cm³/mol. The van der Waals surface area contributed by atoms with Crippen molar-refractivity contribution in [3.63, 3.8) is 0 Å². The van der Waals surface area contributed by atoms with E-state index in [1.807, 2.05) is 19.2 Å². The summed E-state index contributed by atoms with van der Waals surface area (Å²) in [6.07, 6.45) is 2.20. The first kappa shape index (κ1) is 14.6. The van der Waals surface area contributed by atoms with Gasteiger partial charge < -0.3 is 5.32 Å². The average Bonchev–Trinajstić information content (AvgIpc) is 2.97. The Labute approximate surface area is 117 Å². The third-order valence-corrected chi connectivity index (χ3v) is 4.21. The minimum Gasteiger partial charge on any atom is -0.319 e. The van der Waals surface area contributed by atoms with E-state index < -0.39 is 10.0 Å². The smallest absolute Gasteiger partial charge is 0.240 e. The normalized spacial score (nSPS) is 11.7. The molecule has 0 bridgehead atoms. The molecule has 108 valence electrons. The number of aromatic nitrogens is 3. The number of aromatic amines is 1. The van der Waals surface area contributed by atoms with E-state index in [-0.39, 0.29) is 11.4 Å². The summed E-state index contributed by atoms with van der Waals surface area (Å²) in [5.74, 6) is 0.471. The zero-order valence-electron chi connectivity index (χ0n) is 11.1. The molecule has 8 heteroatoms. The number of benzene rings is 1. The summed E-state index contributed by atoms with van der Waals surface area (Å²) >= 11 is 0. The number of nitrogens with zero attached hydrogens (tertiary/aromatic N) is 2. The zero-order chi connectivity index (χ0) is 14.4. The molecule has 0 radical (unpaired) electrons. The number of hydrogen-bond acceptors (Lipinski definition) is 5. The molecule has 0 aliphatic carbocycles. The van der Waals surface area contributed by atoms with Crippen molar-refractivity contribution >= 4 is 10.0 Å². The molecule has 0 atom stereocenters. The van der Waals surface area contributed by atoms with Crippen LogP contribution in [0, 0.1) is 0 Å². The zero-order valence-corrected chi connectivity index (χ0v) is 11.9. The van der Waals surface area contributed by atoms with Gasteiger partial charge in [-0.15, -0.1) is 0 Å². The van der Waals surface area contributed by atoms with Gasteiger partial charge in [-0.3, -0.25) is 5.10 Å². The van der Waals surface area contributed by atoms with E-state index in [2.05, 4.69) is 25.2 Å². The van der Waals surface area contributed by atoms with Gasteiger partial charge in [0, 0.05) is 0 Å². The molecule has 0 saturated carbocycles. The van der Waals surface area contributed by atoms with Crippen molar-refractivity contribution in [1.29, 1.82) is 0 Å². The van der Waals surface area contributed by atoms with E-state index in [0.29, 0.717) is 5.82 Å². The summed E-state index contributed by atoms with van der Waals surface area (Å²) in [6.45, 7) is 0.944. The van der Waals surface area contributed by atoms with Crippen molar-refractivity contribution < 1.29 is 8.42 Å². The quantitative estimate of drug-likeness (QED) is 0.670. The molecular formula is C12H17N5O2S. The lowest BCUT2D eigenvalue weighted by Crippen LogP contribution is -2.23. The van der Waals surface area contributed by atoms with Crippen LogP contribution in [0.25, 0.3) is 0 Å². The second kappa shape index (κ2) is 6.60. The summed E-state index contributed by atoms with van der Waals surface area (Å²) in [4.78, 5) is 4.10. The van der Waals surface area contributed by atoms with Crippen LogP contribution < -0.4 is 10.0 Å². The van der Waals surface area contributed by atoms with Crippen LogP contribution in [0.2, 0.25) is 0 Å². The molecule has 2 aromatic rings. The highest BCUT2D eigenvalue weighted by Gasteiger charge is 2.14. The largest absolute Gasteiger partial charge is 0.319 e. The molecule has 0 spiro atoms.